The highest BCUT2D eigenvalue weighted by Crippen LogP contribution is 2.33. The van der Waals surface area contributed by atoms with E-state index < -0.39 is 47.9 Å². The number of carbonyl (C=O) groups is 7. The molecule has 418 valence electrons. The van der Waals surface area contributed by atoms with Crippen molar-refractivity contribution in [3.63, 3.8) is 0 Å². The summed E-state index contributed by atoms with van der Waals surface area (Å²) in [6.07, 6.45) is 5.00. The van der Waals surface area contributed by atoms with Crippen LogP contribution >= 0.6 is 11.8 Å². The first-order valence-corrected chi connectivity index (χ1v) is 29.0. The third-order valence-corrected chi connectivity index (χ3v) is 16.1. The molecule has 8 atom stereocenters. The van der Waals surface area contributed by atoms with Crippen molar-refractivity contribution >= 4 is 53.1 Å². The zero-order valence-electron chi connectivity index (χ0n) is 45.4. The number of fused-ring (bicyclic) bond motifs is 1. The first-order chi connectivity index (χ1) is 38.3. The number of thioether (sulfide) groups is 1. The van der Waals surface area contributed by atoms with E-state index in [9.17, 15) is 38.7 Å². The number of nitrogens with one attached hydrogen (secondary N) is 7. The Labute approximate surface area is 469 Å². The van der Waals surface area contributed by atoms with Crippen LogP contribution in [0.15, 0.2) is 146 Å². The minimum absolute atomic E-state index is 0.0179. The van der Waals surface area contributed by atoms with Crippen molar-refractivity contribution in [3.8, 4) is 0 Å². The Morgan fingerprint density at radius 3 is 1.76 bits per heavy atom. The highest BCUT2D eigenvalue weighted by Gasteiger charge is 2.42. The fourth-order valence-corrected chi connectivity index (χ4v) is 11.8. The van der Waals surface area contributed by atoms with Gasteiger partial charge in [0.2, 0.25) is 23.6 Å². The molecule has 5 aromatic rings. The summed E-state index contributed by atoms with van der Waals surface area (Å²) < 4.78 is 0. The molecule has 0 bridgehead atoms. The third kappa shape index (κ3) is 18.9. The van der Waals surface area contributed by atoms with Crippen molar-refractivity contribution in [2.24, 2.45) is 11.8 Å². The van der Waals surface area contributed by atoms with E-state index in [0.29, 0.717) is 47.9 Å². The van der Waals surface area contributed by atoms with Crippen LogP contribution in [0.5, 0.6) is 0 Å². The van der Waals surface area contributed by atoms with E-state index in [4.69, 9.17) is 0 Å². The summed E-state index contributed by atoms with van der Waals surface area (Å²) in [5.74, 6) is -1.88. The van der Waals surface area contributed by atoms with Crippen LogP contribution in [0, 0.1) is 11.8 Å². The second-order valence-electron chi connectivity index (χ2n) is 21.2. The molecule has 16 heteroatoms. The highest BCUT2D eigenvalue weighted by molar-refractivity contribution is 8.00. The van der Waals surface area contributed by atoms with Crippen LogP contribution in [0.2, 0.25) is 0 Å². The number of aliphatic hydroxyl groups is 1. The van der Waals surface area contributed by atoms with Crippen LogP contribution in [0.3, 0.4) is 0 Å². The van der Waals surface area contributed by atoms with Gasteiger partial charge in [-0.15, -0.1) is 0 Å². The minimum Gasteiger partial charge on any atom is -0.391 e. The second kappa shape index (κ2) is 30.7. The molecule has 5 aromatic carbocycles. The predicted molar refractivity (Wildman–Crippen MR) is 309 cm³/mol. The molecule has 0 unspecified atom stereocenters. The predicted octanol–water partition coefficient (Wildman–Crippen LogP) is 7.26. The van der Waals surface area contributed by atoms with Crippen molar-refractivity contribution in [3.05, 3.63) is 179 Å². The van der Waals surface area contributed by atoms with Crippen molar-refractivity contribution in [2.45, 2.75) is 132 Å². The maximum absolute atomic E-state index is 14.7. The smallest absolute Gasteiger partial charge is 0.315 e. The molecule has 0 spiro atoms. The van der Waals surface area contributed by atoms with Crippen LogP contribution in [-0.4, -0.2) is 107 Å². The Morgan fingerprint density at radius 1 is 0.570 bits per heavy atom. The lowest BCUT2D eigenvalue weighted by Gasteiger charge is -2.29. The van der Waals surface area contributed by atoms with Gasteiger partial charge in [0.05, 0.1) is 24.2 Å². The van der Waals surface area contributed by atoms with Crippen LogP contribution in [0.25, 0.3) is 0 Å². The topological polar surface area (TPSA) is 224 Å². The van der Waals surface area contributed by atoms with Gasteiger partial charge in [-0.3, -0.25) is 28.8 Å². The average molecular weight is 1090 g/mol. The van der Waals surface area contributed by atoms with Gasteiger partial charge in [-0.1, -0.05) is 154 Å². The third-order valence-electron chi connectivity index (χ3n) is 14.6. The molecule has 0 aromatic heterocycles. The van der Waals surface area contributed by atoms with E-state index in [1.54, 1.807) is 48.5 Å². The zero-order valence-corrected chi connectivity index (χ0v) is 46.2. The van der Waals surface area contributed by atoms with Gasteiger partial charge in [0.1, 0.15) is 12.1 Å². The fourth-order valence-electron chi connectivity index (χ4n) is 10.2. The summed E-state index contributed by atoms with van der Waals surface area (Å²) in [4.78, 5) is 94.3. The van der Waals surface area contributed by atoms with E-state index in [1.807, 2.05) is 123 Å². The number of hydrogen-bond donors (Lipinski definition) is 8. The number of carbonyl (C=O) groups excluding carboxylic acids is 7. The zero-order chi connectivity index (χ0) is 55.9. The van der Waals surface area contributed by atoms with E-state index in [-0.39, 0.29) is 73.7 Å². The van der Waals surface area contributed by atoms with Crippen LogP contribution in [0.4, 0.5) is 4.79 Å². The Morgan fingerprint density at radius 2 is 1.13 bits per heavy atom. The lowest BCUT2D eigenvalue weighted by molar-refractivity contribution is -0.134. The molecule has 79 heavy (non-hydrogen) atoms. The van der Waals surface area contributed by atoms with Crippen molar-refractivity contribution in [1.29, 1.82) is 0 Å². The molecule has 2 heterocycles. The average Bonchev–Trinajstić information content (AvgIpc) is 4.03. The molecule has 7 amide bonds. The van der Waals surface area contributed by atoms with E-state index >= 15 is 0 Å². The number of hydrogen-bond acceptors (Lipinski definition) is 9. The number of benzene rings is 5. The van der Waals surface area contributed by atoms with Crippen LogP contribution < -0.4 is 37.2 Å². The number of unbranched alkanes of at least 4 members (excludes halogenated alkanes) is 3. The van der Waals surface area contributed by atoms with Crippen molar-refractivity contribution in [1.82, 2.24) is 37.2 Å². The highest BCUT2D eigenvalue weighted by atomic mass is 32.2. The number of ketones is 1. The first-order valence-electron chi connectivity index (χ1n) is 27.9. The van der Waals surface area contributed by atoms with Gasteiger partial charge in [0, 0.05) is 59.5 Å². The molecule has 15 nitrogen and oxygen atoms in total. The molecular weight excluding hydrogens is 1010 g/mol. The van der Waals surface area contributed by atoms with Gasteiger partial charge < -0.3 is 42.3 Å². The summed E-state index contributed by atoms with van der Waals surface area (Å²) >= 11 is 1.88. The van der Waals surface area contributed by atoms with E-state index in [0.717, 1.165) is 54.5 Å². The summed E-state index contributed by atoms with van der Waals surface area (Å²) in [6, 6.07) is 41.0. The van der Waals surface area contributed by atoms with Crippen LogP contribution in [0.1, 0.15) is 115 Å². The van der Waals surface area contributed by atoms with Gasteiger partial charge in [0.15, 0.2) is 5.78 Å². The lowest BCUT2D eigenvalue weighted by atomic mass is 9.88. The fraction of sp³-hybridized carbons (Fsp3) is 0.413. The number of rotatable bonds is 31. The number of urea groups is 1. The SMILES string of the molecule is CC(C)C[C@H](NC(=O)[C@H](Cc1ccccc1)C[C@@H](O)[C@H](Cc1ccccc1)NC(=O)c1ccc(C(=O)c2ccccc2)cc1)C(=O)N[C@H](Cc1ccccc1)C(=O)NCCCCCNC(=O)CCCC[C@@H]1SC[C@@H]2NC(=O)N[C@@H]21. The number of amides is 7. The molecule has 2 aliphatic heterocycles. The van der Waals surface area contributed by atoms with Crippen molar-refractivity contribution in [2.75, 3.05) is 18.8 Å². The normalized spacial score (nSPS) is 17.4. The molecule has 2 fully saturated rings. The lowest BCUT2D eigenvalue weighted by Crippen LogP contribution is -2.56. The Hall–Kier alpha value is -7.30. The van der Waals surface area contributed by atoms with Gasteiger partial charge in [-0.25, -0.2) is 4.79 Å². The second-order valence-corrected chi connectivity index (χ2v) is 22.5. The van der Waals surface area contributed by atoms with Gasteiger partial charge >= 0.3 is 6.03 Å². The van der Waals surface area contributed by atoms with Gasteiger partial charge in [-0.05, 0) is 92.5 Å². The summed E-state index contributed by atoms with van der Waals surface area (Å²) in [5, 5.41) is 33.6. The van der Waals surface area contributed by atoms with E-state index in [1.165, 1.54) is 0 Å². The molecule has 2 saturated heterocycles. The Bertz CT molecular complexity index is 2750. The van der Waals surface area contributed by atoms with Gasteiger partial charge in [-0.2, -0.15) is 11.8 Å². The monoisotopic (exact) mass is 1090 g/mol. The largest absolute Gasteiger partial charge is 0.391 e. The first kappa shape index (κ1) is 59.4. The molecule has 7 rings (SSSR count). The molecule has 0 saturated carbocycles. The Balaban J connectivity index is 0.948. The maximum Gasteiger partial charge on any atom is 0.315 e. The molecule has 2 aliphatic rings. The Kier molecular flexibility index (Phi) is 23.1. The van der Waals surface area contributed by atoms with E-state index in [2.05, 4.69) is 37.2 Å². The van der Waals surface area contributed by atoms with Gasteiger partial charge in [0.25, 0.3) is 5.91 Å². The quantitative estimate of drug-likeness (QED) is 0.0127. The summed E-state index contributed by atoms with van der Waals surface area (Å²) in [6.45, 7) is 4.81. The number of aliphatic hydroxyl groups excluding tert-OH is 1. The molecule has 0 radical (unpaired) electrons. The summed E-state index contributed by atoms with van der Waals surface area (Å²) in [7, 11) is 0. The maximum atomic E-state index is 14.7. The van der Waals surface area contributed by atoms with Crippen molar-refractivity contribution < 1.29 is 38.7 Å². The molecular formula is C63H77N7O8S. The minimum atomic E-state index is -1.22. The molecule has 8 N–H and O–H groups in total. The standard InChI is InChI=1S/C63H77N7O8S/c1-42(2)36-51(62(77)68-52(39-45-24-12-5-13-25-45)61(76)65-35-19-7-18-34-64-56(72)29-17-16-28-55-57-53(41-79-55)69-63(78)70-57)67-60(75)49(37-43-20-8-3-9-21-43)40-54(71)50(38-44-22-10-4-11-23-44)66-59(74)48-32-30-47(31-33-48)58(73)46-26-14-6-15-27-46/h3-6,8-15,20-27,30-33,42,49-55,57,71H,7,16-19,28-29,34-41H2,1-2H3,(H,64,72)(H,65,76)(H,66,74)(H,67,75)(H,68,77)(H2,69,70,78)/t49-,50+,51+,52-,53+,54-,55+,57+/m1/s1. The molecule has 0 aliphatic carbocycles. The summed E-state index contributed by atoms with van der Waals surface area (Å²) in [5.41, 5.74) is 3.80. The van der Waals surface area contributed by atoms with Crippen LogP contribution in [-0.2, 0) is 38.4 Å².